The molecule has 128 valence electrons. The summed E-state index contributed by atoms with van der Waals surface area (Å²) in [6, 6.07) is 0. The molecule has 0 N–H and O–H groups in total. The third-order valence-corrected chi connectivity index (χ3v) is 3.75. The predicted octanol–water partition coefficient (Wildman–Crippen LogP) is 1.93. The molecule has 0 aromatic heterocycles. The predicted molar refractivity (Wildman–Crippen MR) is 82.7 cm³/mol. The van der Waals surface area contributed by atoms with Gasteiger partial charge in [0.1, 0.15) is 24.4 Å². The molecular formula is C17H24O6. The normalized spacial score (nSPS) is 30.0. The smallest absolute Gasteiger partial charge is 0.336 e. The number of unbranched alkanes of at least 4 members (excludes halogenated alkanes) is 1. The van der Waals surface area contributed by atoms with Crippen LogP contribution in [0.4, 0.5) is 0 Å². The lowest BCUT2D eigenvalue weighted by Crippen LogP contribution is -2.40. The fourth-order valence-electron chi connectivity index (χ4n) is 2.56. The molecular weight excluding hydrogens is 300 g/mol. The molecule has 0 saturated carbocycles. The van der Waals surface area contributed by atoms with Crippen LogP contribution in [0.25, 0.3) is 0 Å². The standard InChI is InChI=1S/C17H24O6/c1-4-6-9-21-14-10-12-16(11(3)22-17(12)19)23-13(14)7-8-15(18)20-5-2/h7-8,10-11,13-14,16H,4-6,9H2,1-3H3/b8-7-/t11-,13+,14+,16+/m0/s1. The monoisotopic (exact) mass is 324 g/mol. The molecule has 6 heteroatoms. The SMILES string of the molecule is CCCCO[C@@H]1C=C2C(=O)O[C@@H](C)[C@H]2O[C@@H]1/C=C\C(=O)OCC. The first-order valence-electron chi connectivity index (χ1n) is 8.11. The molecule has 0 aliphatic carbocycles. The molecule has 0 aromatic rings. The molecule has 6 nitrogen and oxygen atoms in total. The lowest BCUT2D eigenvalue weighted by Gasteiger charge is -2.31. The molecule has 0 unspecified atom stereocenters. The molecule has 2 aliphatic rings. The van der Waals surface area contributed by atoms with Crippen molar-refractivity contribution in [3.63, 3.8) is 0 Å². The van der Waals surface area contributed by atoms with Crippen LogP contribution in [0.3, 0.4) is 0 Å². The molecule has 0 amide bonds. The molecule has 23 heavy (non-hydrogen) atoms. The van der Waals surface area contributed by atoms with Gasteiger partial charge in [0.05, 0.1) is 12.2 Å². The van der Waals surface area contributed by atoms with Gasteiger partial charge in [-0.05, 0) is 32.4 Å². The summed E-state index contributed by atoms with van der Waals surface area (Å²) in [6.45, 7) is 6.49. The zero-order valence-electron chi connectivity index (χ0n) is 13.8. The Morgan fingerprint density at radius 1 is 1.39 bits per heavy atom. The van der Waals surface area contributed by atoms with Crippen molar-refractivity contribution in [2.45, 2.75) is 58.0 Å². The fourth-order valence-corrected chi connectivity index (χ4v) is 2.56. The van der Waals surface area contributed by atoms with E-state index < -0.39 is 24.3 Å². The number of rotatable bonds is 7. The van der Waals surface area contributed by atoms with E-state index in [2.05, 4.69) is 6.92 Å². The van der Waals surface area contributed by atoms with Crippen molar-refractivity contribution in [1.82, 2.24) is 0 Å². The first kappa shape index (κ1) is 17.7. The van der Waals surface area contributed by atoms with Gasteiger partial charge in [-0.25, -0.2) is 9.59 Å². The summed E-state index contributed by atoms with van der Waals surface area (Å²) >= 11 is 0. The summed E-state index contributed by atoms with van der Waals surface area (Å²) < 4.78 is 21.8. The van der Waals surface area contributed by atoms with Crippen LogP contribution in [0, 0.1) is 0 Å². The van der Waals surface area contributed by atoms with Gasteiger partial charge in [-0.15, -0.1) is 0 Å². The highest BCUT2D eigenvalue weighted by molar-refractivity contribution is 5.92. The Balaban J connectivity index is 2.12. The molecule has 2 aliphatic heterocycles. The molecule has 2 heterocycles. The maximum absolute atomic E-state index is 11.8. The van der Waals surface area contributed by atoms with Crippen molar-refractivity contribution in [1.29, 1.82) is 0 Å². The second kappa shape index (κ2) is 8.26. The van der Waals surface area contributed by atoms with Crippen LogP contribution in [-0.2, 0) is 28.5 Å². The van der Waals surface area contributed by atoms with Gasteiger partial charge in [0.2, 0.25) is 0 Å². The van der Waals surface area contributed by atoms with E-state index >= 15 is 0 Å². The summed E-state index contributed by atoms with van der Waals surface area (Å²) in [6.07, 6.45) is 5.00. The van der Waals surface area contributed by atoms with E-state index in [4.69, 9.17) is 18.9 Å². The maximum Gasteiger partial charge on any atom is 0.336 e. The van der Waals surface area contributed by atoms with Gasteiger partial charge in [0, 0.05) is 12.7 Å². The molecule has 0 bridgehead atoms. The zero-order chi connectivity index (χ0) is 16.8. The van der Waals surface area contributed by atoms with E-state index in [-0.39, 0.29) is 12.1 Å². The summed E-state index contributed by atoms with van der Waals surface area (Å²) in [5.74, 6) is -0.788. The van der Waals surface area contributed by atoms with Crippen molar-refractivity contribution in [3.8, 4) is 0 Å². The second-order valence-electron chi connectivity index (χ2n) is 5.55. The van der Waals surface area contributed by atoms with E-state index in [1.54, 1.807) is 26.0 Å². The van der Waals surface area contributed by atoms with Gasteiger partial charge >= 0.3 is 11.9 Å². The number of carbonyl (C=O) groups is 2. The lowest BCUT2D eigenvalue weighted by atomic mass is 9.99. The van der Waals surface area contributed by atoms with E-state index in [0.29, 0.717) is 18.8 Å². The number of hydrogen-bond acceptors (Lipinski definition) is 6. The average Bonchev–Trinajstić information content (AvgIpc) is 2.79. The first-order chi connectivity index (χ1) is 11.1. The topological polar surface area (TPSA) is 71.1 Å². The quantitative estimate of drug-likeness (QED) is 0.405. The van der Waals surface area contributed by atoms with Crippen LogP contribution >= 0.6 is 0 Å². The minimum Gasteiger partial charge on any atom is -0.463 e. The minimum absolute atomic E-state index is 0.317. The Kier molecular flexibility index (Phi) is 6.36. The first-order valence-corrected chi connectivity index (χ1v) is 8.11. The molecule has 4 atom stereocenters. The van der Waals surface area contributed by atoms with Crippen molar-refractivity contribution in [2.24, 2.45) is 0 Å². The third-order valence-electron chi connectivity index (χ3n) is 3.75. The number of fused-ring (bicyclic) bond motifs is 1. The Morgan fingerprint density at radius 2 is 2.17 bits per heavy atom. The zero-order valence-corrected chi connectivity index (χ0v) is 13.8. The van der Waals surface area contributed by atoms with Crippen LogP contribution in [0.2, 0.25) is 0 Å². The van der Waals surface area contributed by atoms with Gasteiger partial charge in [-0.1, -0.05) is 13.3 Å². The Hall–Kier alpha value is -1.66. The summed E-state index contributed by atoms with van der Waals surface area (Å²) in [5, 5.41) is 0. The van der Waals surface area contributed by atoms with Crippen LogP contribution in [0.15, 0.2) is 23.8 Å². The van der Waals surface area contributed by atoms with Crippen LogP contribution in [0.5, 0.6) is 0 Å². The number of esters is 2. The Labute approximate surface area is 136 Å². The van der Waals surface area contributed by atoms with E-state index in [1.165, 1.54) is 6.08 Å². The largest absolute Gasteiger partial charge is 0.463 e. The highest BCUT2D eigenvalue weighted by Crippen LogP contribution is 2.32. The minimum atomic E-state index is -0.457. The van der Waals surface area contributed by atoms with Crippen molar-refractivity contribution < 1.29 is 28.5 Å². The van der Waals surface area contributed by atoms with Gasteiger partial charge in [-0.2, -0.15) is 0 Å². The van der Waals surface area contributed by atoms with Crippen LogP contribution < -0.4 is 0 Å². The van der Waals surface area contributed by atoms with Crippen LogP contribution in [-0.4, -0.2) is 49.6 Å². The fraction of sp³-hybridized carbons (Fsp3) is 0.647. The average molecular weight is 324 g/mol. The van der Waals surface area contributed by atoms with E-state index in [9.17, 15) is 9.59 Å². The molecule has 1 fully saturated rings. The maximum atomic E-state index is 11.8. The van der Waals surface area contributed by atoms with Gasteiger partial charge < -0.3 is 18.9 Å². The summed E-state index contributed by atoms with van der Waals surface area (Å²) in [4.78, 5) is 23.3. The van der Waals surface area contributed by atoms with E-state index in [1.807, 2.05) is 0 Å². The molecule has 0 aromatic carbocycles. The van der Waals surface area contributed by atoms with Gasteiger partial charge in [0.25, 0.3) is 0 Å². The molecule has 2 rings (SSSR count). The van der Waals surface area contributed by atoms with Gasteiger partial charge in [0.15, 0.2) is 0 Å². The van der Waals surface area contributed by atoms with Crippen LogP contribution in [0.1, 0.15) is 33.6 Å². The molecule has 0 spiro atoms. The summed E-state index contributed by atoms with van der Waals surface area (Å²) in [7, 11) is 0. The summed E-state index contributed by atoms with van der Waals surface area (Å²) in [5.41, 5.74) is 0.500. The Bertz CT molecular complexity index is 495. The number of hydrogen-bond donors (Lipinski definition) is 0. The van der Waals surface area contributed by atoms with Crippen molar-refractivity contribution >= 4 is 11.9 Å². The number of carbonyl (C=O) groups excluding carboxylic acids is 2. The molecule has 0 radical (unpaired) electrons. The third kappa shape index (κ3) is 4.42. The van der Waals surface area contributed by atoms with Crippen molar-refractivity contribution in [2.75, 3.05) is 13.2 Å². The highest BCUT2D eigenvalue weighted by Gasteiger charge is 2.44. The Morgan fingerprint density at radius 3 is 2.87 bits per heavy atom. The van der Waals surface area contributed by atoms with E-state index in [0.717, 1.165) is 12.8 Å². The van der Waals surface area contributed by atoms with Crippen molar-refractivity contribution in [3.05, 3.63) is 23.8 Å². The number of cyclic esters (lactones) is 1. The lowest BCUT2D eigenvalue weighted by molar-refractivity contribution is -0.139. The highest BCUT2D eigenvalue weighted by atomic mass is 16.6. The number of ether oxygens (including phenoxy) is 4. The molecule has 1 saturated heterocycles. The second-order valence-corrected chi connectivity index (χ2v) is 5.55. The van der Waals surface area contributed by atoms with Gasteiger partial charge in [-0.3, -0.25) is 0 Å².